The molecule has 0 aromatic heterocycles. The van der Waals surface area contributed by atoms with Gasteiger partial charge in [0.15, 0.2) is 0 Å². The minimum absolute atomic E-state index is 0.290. The fourth-order valence-electron chi connectivity index (χ4n) is 3.58. The summed E-state index contributed by atoms with van der Waals surface area (Å²) in [6, 6.07) is 32.3. The lowest BCUT2D eigenvalue weighted by molar-refractivity contribution is -0.146. The molecule has 0 saturated carbocycles. The van der Waals surface area contributed by atoms with Crippen LogP contribution in [0.4, 0.5) is 0 Å². The van der Waals surface area contributed by atoms with Gasteiger partial charge in [-0.1, -0.05) is 91.0 Å². The van der Waals surface area contributed by atoms with Gasteiger partial charge in [0.05, 0.1) is 6.04 Å². The van der Waals surface area contributed by atoms with Gasteiger partial charge in [-0.3, -0.25) is 9.69 Å². The lowest BCUT2D eigenvalue weighted by Gasteiger charge is -2.34. The molecular formula is C26H26N2O2. The van der Waals surface area contributed by atoms with Crippen LogP contribution in [0, 0.1) is 11.3 Å². The van der Waals surface area contributed by atoms with Gasteiger partial charge in [0.1, 0.15) is 6.07 Å². The largest absolute Gasteiger partial charge is 0.445 e. The molecule has 0 aliphatic heterocycles. The van der Waals surface area contributed by atoms with Crippen molar-refractivity contribution in [2.24, 2.45) is 0 Å². The third kappa shape index (κ3) is 6.30. The Morgan fingerprint density at radius 2 is 1.27 bits per heavy atom. The summed E-state index contributed by atoms with van der Waals surface area (Å²) in [4.78, 5) is 13.9. The van der Waals surface area contributed by atoms with Crippen molar-refractivity contribution in [1.29, 1.82) is 5.26 Å². The zero-order chi connectivity index (χ0) is 21.2. The standard InChI is InChI=1S/C26H26N2O2/c1-21(29)30-26(18-27)25(17-22-11-5-2-6-12-22)28(19-23-13-7-3-8-14-23)20-24-15-9-4-10-16-24/h2-16,25-26H,17,19-20H2,1H3/t25-,26+/m0/s1. The quantitative estimate of drug-likeness (QED) is 0.488. The summed E-state index contributed by atoms with van der Waals surface area (Å²) >= 11 is 0. The predicted molar refractivity (Wildman–Crippen MR) is 117 cm³/mol. The number of ether oxygens (including phenoxy) is 1. The number of nitrogens with zero attached hydrogens (tertiary/aromatic N) is 2. The van der Waals surface area contributed by atoms with Crippen molar-refractivity contribution in [3.05, 3.63) is 108 Å². The van der Waals surface area contributed by atoms with Crippen LogP contribution in [-0.2, 0) is 29.0 Å². The highest BCUT2D eigenvalue weighted by atomic mass is 16.5. The molecule has 4 nitrogen and oxygen atoms in total. The zero-order valence-electron chi connectivity index (χ0n) is 17.1. The molecule has 0 unspecified atom stereocenters. The van der Waals surface area contributed by atoms with Crippen molar-refractivity contribution in [1.82, 2.24) is 4.90 Å². The van der Waals surface area contributed by atoms with Crippen molar-refractivity contribution in [2.45, 2.75) is 38.6 Å². The van der Waals surface area contributed by atoms with E-state index < -0.39 is 12.1 Å². The van der Waals surface area contributed by atoms with E-state index >= 15 is 0 Å². The predicted octanol–water partition coefficient (Wildman–Crippen LogP) is 4.76. The summed E-state index contributed by atoms with van der Waals surface area (Å²) in [5.74, 6) is -0.445. The first kappa shape index (κ1) is 21.3. The molecule has 3 aromatic carbocycles. The molecule has 30 heavy (non-hydrogen) atoms. The van der Waals surface area contributed by atoms with Crippen LogP contribution in [0.1, 0.15) is 23.6 Å². The Balaban J connectivity index is 1.96. The maximum Gasteiger partial charge on any atom is 0.304 e. The van der Waals surface area contributed by atoms with E-state index in [0.717, 1.165) is 16.7 Å². The van der Waals surface area contributed by atoms with E-state index in [-0.39, 0.29) is 6.04 Å². The van der Waals surface area contributed by atoms with Crippen LogP contribution in [0.25, 0.3) is 0 Å². The van der Waals surface area contributed by atoms with E-state index in [2.05, 4.69) is 35.2 Å². The van der Waals surface area contributed by atoms with Gasteiger partial charge in [-0.05, 0) is 23.1 Å². The summed E-state index contributed by atoms with van der Waals surface area (Å²) in [5.41, 5.74) is 3.39. The summed E-state index contributed by atoms with van der Waals surface area (Å²) in [5, 5.41) is 9.85. The topological polar surface area (TPSA) is 53.3 Å². The number of benzene rings is 3. The Bertz CT molecular complexity index is 911. The van der Waals surface area contributed by atoms with Crippen LogP contribution in [0.15, 0.2) is 91.0 Å². The molecule has 0 aliphatic carbocycles. The van der Waals surface area contributed by atoms with Crippen molar-refractivity contribution < 1.29 is 9.53 Å². The first-order chi connectivity index (χ1) is 14.7. The van der Waals surface area contributed by atoms with Crippen LogP contribution in [0.2, 0.25) is 0 Å². The Hall–Kier alpha value is -3.42. The van der Waals surface area contributed by atoms with E-state index in [1.54, 1.807) is 0 Å². The highest BCUT2D eigenvalue weighted by molar-refractivity contribution is 5.66. The average Bonchev–Trinajstić information content (AvgIpc) is 2.77. The maximum atomic E-state index is 11.7. The van der Waals surface area contributed by atoms with E-state index in [1.807, 2.05) is 66.7 Å². The first-order valence-corrected chi connectivity index (χ1v) is 10.1. The molecule has 0 amide bonds. The van der Waals surface area contributed by atoms with Gasteiger partial charge < -0.3 is 4.74 Å². The third-order valence-electron chi connectivity index (χ3n) is 4.98. The van der Waals surface area contributed by atoms with E-state index in [1.165, 1.54) is 6.92 Å². The molecule has 4 heteroatoms. The molecule has 0 bridgehead atoms. The van der Waals surface area contributed by atoms with Gasteiger partial charge in [-0.15, -0.1) is 0 Å². The van der Waals surface area contributed by atoms with Crippen molar-refractivity contribution >= 4 is 5.97 Å². The van der Waals surface area contributed by atoms with Crippen LogP contribution in [0.5, 0.6) is 0 Å². The molecule has 0 fully saturated rings. The van der Waals surface area contributed by atoms with Crippen molar-refractivity contribution in [3.63, 3.8) is 0 Å². The average molecular weight is 399 g/mol. The summed E-state index contributed by atoms with van der Waals surface area (Å²) in [7, 11) is 0. The lowest BCUT2D eigenvalue weighted by atomic mass is 9.98. The molecule has 0 saturated heterocycles. The molecule has 3 aromatic rings. The minimum atomic E-state index is -0.866. The van der Waals surface area contributed by atoms with Gasteiger partial charge in [0.2, 0.25) is 6.10 Å². The van der Waals surface area contributed by atoms with E-state index in [4.69, 9.17) is 4.74 Å². The number of esters is 1. The van der Waals surface area contributed by atoms with E-state index in [9.17, 15) is 10.1 Å². The number of hydrogen-bond donors (Lipinski definition) is 0. The molecule has 152 valence electrons. The number of rotatable bonds is 9. The number of hydrogen-bond acceptors (Lipinski definition) is 4. The first-order valence-electron chi connectivity index (χ1n) is 10.1. The maximum absolute atomic E-state index is 11.7. The van der Waals surface area contributed by atoms with Gasteiger partial charge in [-0.25, -0.2) is 0 Å². The molecular weight excluding hydrogens is 372 g/mol. The Morgan fingerprint density at radius 3 is 1.67 bits per heavy atom. The minimum Gasteiger partial charge on any atom is -0.445 e. The smallest absolute Gasteiger partial charge is 0.304 e. The Kier molecular flexibility index (Phi) is 7.77. The Morgan fingerprint density at radius 1 is 0.833 bits per heavy atom. The molecule has 3 rings (SSSR count). The summed E-state index contributed by atoms with van der Waals surface area (Å²) in [6.07, 6.45) is -0.262. The molecule has 2 atom stereocenters. The van der Waals surface area contributed by atoms with Gasteiger partial charge in [-0.2, -0.15) is 5.26 Å². The molecule has 0 aliphatic rings. The van der Waals surface area contributed by atoms with Crippen LogP contribution >= 0.6 is 0 Å². The SMILES string of the molecule is CC(=O)O[C@H](C#N)[C@H](Cc1ccccc1)N(Cc1ccccc1)Cc1ccccc1. The number of nitriles is 1. The van der Waals surface area contributed by atoms with Gasteiger partial charge in [0, 0.05) is 20.0 Å². The van der Waals surface area contributed by atoms with E-state index in [0.29, 0.717) is 19.5 Å². The van der Waals surface area contributed by atoms with Crippen LogP contribution in [-0.4, -0.2) is 23.0 Å². The fraction of sp³-hybridized carbons (Fsp3) is 0.231. The van der Waals surface area contributed by atoms with Crippen LogP contribution in [0.3, 0.4) is 0 Å². The van der Waals surface area contributed by atoms with Crippen molar-refractivity contribution in [2.75, 3.05) is 0 Å². The van der Waals surface area contributed by atoms with Gasteiger partial charge in [0.25, 0.3) is 0 Å². The zero-order valence-corrected chi connectivity index (χ0v) is 17.1. The molecule has 0 spiro atoms. The summed E-state index contributed by atoms with van der Waals surface area (Å²) < 4.78 is 5.45. The van der Waals surface area contributed by atoms with Crippen molar-refractivity contribution in [3.8, 4) is 6.07 Å². The highest BCUT2D eigenvalue weighted by Crippen LogP contribution is 2.21. The monoisotopic (exact) mass is 398 g/mol. The molecule has 0 N–H and O–H groups in total. The molecule has 0 radical (unpaired) electrons. The second kappa shape index (κ2) is 10.9. The normalized spacial score (nSPS) is 12.7. The second-order valence-corrected chi connectivity index (χ2v) is 7.29. The van der Waals surface area contributed by atoms with Crippen LogP contribution < -0.4 is 0 Å². The highest BCUT2D eigenvalue weighted by Gasteiger charge is 2.30. The Labute approximate surface area is 178 Å². The molecule has 0 heterocycles. The number of carbonyl (C=O) groups excluding carboxylic acids is 1. The second-order valence-electron chi connectivity index (χ2n) is 7.29. The fourth-order valence-corrected chi connectivity index (χ4v) is 3.58. The van der Waals surface area contributed by atoms with Gasteiger partial charge >= 0.3 is 5.97 Å². The third-order valence-corrected chi connectivity index (χ3v) is 4.98. The summed E-state index contributed by atoms with van der Waals surface area (Å²) in [6.45, 7) is 2.64. The lowest BCUT2D eigenvalue weighted by Crippen LogP contribution is -2.45. The number of carbonyl (C=O) groups is 1.